The van der Waals surface area contributed by atoms with Crippen LogP contribution in [0.1, 0.15) is 12.5 Å². The van der Waals surface area contributed by atoms with Crippen LogP contribution in [0.3, 0.4) is 0 Å². The van der Waals surface area contributed by atoms with Gasteiger partial charge in [0.1, 0.15) is 0 Å². The van der Waals surface area contributed by atoms with Crippen LogP contribution in [0, 0.1) is 5.41 Å². The monoisotopic (exact) mass is 381 g/mol. The van der Waals surface area contributed by atoms with Crippen LogP contribution in [0.25, 0.3) is 22.6 Å². The van der Waals surface area contributed by atoms with Crippen LogP contribution in [0.5, 0.6) is 0 Å². The van der Waals surface area contributed by atoms with Crippen molar-refractivity contribution in [1.82, 2.24) is 29.7 Å². The fourth-order valence-corrected chi connectivity index (χ4v) is 3.26. The lowest BCUT2D eigenvalue weighted by molar-refractivity contribution is 0.193. The van der Waals surface area contributed by atoms with E-state index < -0.39 is 0 Å². The Morgan fingerprint density at radius 2 is 2.00 bits per heavy atom. The molecule has 0 atom stereocenters. The second-order valence-electron chi connectivity index (χ2n) is 6.63. The molecule has 0 saturated carbocycles. The van der Waals surface area contributed by atoms with Crippen molar-refractivity contribution in [3.05, 3.63) is 46.5 Å². The normalized spacial score (nSPS) is 15.0. The number of aromatic nitrogens is 4. The number of ether oxygens (including phenoxy) is 1. The number of nitrogens with one attached hydrogen (secondary N) is 3. The Bertz CT molecular complexity index is 1030. The Kier molecular flexibility index (Phi) is 5.18. The molecule has 146 valence electrons. The molecule has 1 saturated heterocycles. The SMILES string of the molecule is CCOC(=N)c1ccc(-c2cnc3[nH]c(=O)n(CN4CCNCC4)c3n2)cc1. The number of nitrogens with zero attached hydrogens (tertiary/aromatic N) is 4. The molecule has 1 aromatic carbocycles. The predicted molar refractivity (Wildman–Crippen MR) is 106 cm³/mol. The summed E-state index contributed by atoms with van der Waals surface area (Å²) in [6, 6.07) is 7.41. The molecule has 3 heterocycles. The highest BCUT2D eigenvalue weighted by Gasteiger charge is 2.16. The number of rotatable bonds is 5. The van der Waals surface area contributed by atoms with Gasteiger partial charge in [-0.1, -0.05) is 12.1 Å². The number of benzene rings is 1. The molecule has 1 aliphatic rings. The maximum absolute atomic E-state index is 12.4. The third-order valence-corrected chi connectivity index (χ3v) is 4.76. The summed E-state index contributed by atoms with van der Waals surface area (Å²) in [5.41, 5.74) is 3.08. The number of imidazole rings is 1. The van der Waals surface area contributed by atoms with E-state index in [-0.39, 0.29) is 11.6 Å². The topological polar surface area (TPSA) is 112 Å². The van der Waals surface area contributed by atoms with Gasteiger partial charge < -0.3 is 10.1 Å². The summed E-state index contributed by atoms with van der Waals surface area (Å²) < 4.78 is 6.86. The zero-order chi connectivity index (χ0) is 19.5. The smallest absolute Gasteiger partial charge is 0.330 e. The van der Waals surface area contributed by atoms with Crippen LogP contribution in [0.2, 0.25) is 0 Å². The van der Waals surface area contributed by atoms with Gasteiger partial charge in [-0.15, -0.1) is 0 Å². The summed E-state index contributed by atoms with van der Waals surface area (Å²) in [7, 11) is 0. The quantitative estimate of drug-likeness (QED) is 0.449. The number of H-pyrrole nitrogens is 1. The summed E-state index contributed by atoms with van der Waals surface area (Å²) >= 11 is 0. The van der Waals surface area contributed by atoms with Crippen LogP contribution in [0.4, 0.5) is 0 Å². The van der Waals surface area contributed by atoms with Crippen LogP contribution in [-0.4, -0.2) is 63.1 Å². The Labute approximate surface area is 161 Å². The first-order valence-corrected chi connectivity index (χ1v) is 9.36. The summed E-state index contributed by atoms with van der Waals surface area (Å²) in [4.78, 5) is 26.5. The molecule has 0 amide bonds. The molecule has 3 N–H and O–H groups in total. The largest absolute Gasteiger partial charge is 0.478 e. The molecule has 3 aromatic rings. The van der Waals surface area contributed by atoms with Gasteiger partial charge in [0.25, 0.3) is 0 Å². The van der Waals surface area contributed by atoms with Crippen molar-refractivity contribution >= 4 is 17.2 Å². The third-order valence-electron chi connectivity index (χ3n) is 4.76. The molecule has 2 aromatic heterocycles. The molecule has 1 fully saturated rings. The van der Waals surface area contributed by atoms with Gasteiger partial charge in [0.05, 0.1) is 25.2 Å². The molecular formula is C19H23N7O2. The molecular weight excluding hydrogens is 358 g/mol. The number of aromatic amines is 1. The summed E-state index contributed by atoms with van der Waals surface area (Å²) in [6.07, 6.45) is 1.65. The van der Waals surface area contributed by atoms with Gasteiger partial charge in [0, 0.05) is 37.3 Å². The van der Waals surface area contributed by atoms with Crippen molar-refractivity contribution < 1.29 is 4.74 Å². The standard InChI is InChI=1S/C19H23N7O2/c1-2-28-16(20)14-5-3-13(4-6-14)15-11-22-17-18(23-15)26(19(27)24-17)12-25-9-7-21-8-10-25/h3-6,11,20-21H,2,7-10,12H2,1H3,(H,22,24,27). The highest BCUT2D eigenvalue weighted by Crippen LogP contribution is 2.19. The lowest BCUT2D eigenvalue weighted by atomic mass is 10.1. The zero-order valence-corrected chi connectivity index (χ0v) is 15.7. The number of piperazine rings is 1. The minimum atomic E-state index is -0.203. The van der Waals surface area contributed by atoms with E-state index >= 15 is 0 Å². The van der Waals surface area contributed by atoms with Crippen molar-refractivity contribution in [2.45, 2.75) is 13.6 Å². The van der Waals surface area contributed by atoms with Gasteiger partial charge in [-0.2, -0.15) is 0 Å². The second-order valence-corrected chi connectivity index (χ2v) is 6.63. The van der Waals surface area contributed by atoms with Gasteiger partial charge in [0.2, 0.25) is 5.90 Å². The molecule has 0 radical (unpaired) electrons. The molecule has 4 rings (SSSR count). The maximum atomic E-state index is 12.4. The molecule has 0 spiro atoms. The maximum Gasteiger partial charge on any atom is 0.330 e. The van der Waals surface area contributed by atoms with Crippen LogP contribution < -0.4 is 11.0 Å². The molecule has 9 nitrogen and oxygen atoms in total. The third kappa shape index (κ3) is 3.67. The molecule has 28 heavy (non-hydrogen) atoms. The van der Waals surface area contributed by atoms with E-state index in [1.807, 2.05) is 31.2 Å². The Morgan fingerprint density at radius 3 is 2.71 bits per heavy atom. The van der Waals surface area contributed by atoms with E-state index in [0.717, 1.165) is 31.7 Å². The Hall–Kier alpha value is -3.04. The van der Waals surface area contributed by atoms with E-state index in [9.17, 15) is 4.79 Å². The minimum Gasteiger partial charge on any atom is -0.478 e. The molecule has 1 aliphatic heterocycles. The first-order chi connectivity index (χ1) is 13.7. The first-order valence-electron chi connectivity index (χ1n) is 9.36. The molecule has 0 unspecified atom stereocenters. The number of hydrogen-bond acceptors (Lipinski definition) is 7. The van der Waals surface area contributed by atoms with Crippen LogP contribution in [0.15, 0.2) is 35.3 Å². The van der Waals surface area contributed by atoms with Crippen molar-refractivity contribution in [3.8, 4) is 11.3 Å². The van der Waals surface area contributed by atoms with Gasteiger partial charge in [-0.05, 0) is 19.1 Å². The molecule has 0 aliphatic carbocycles. The first kappa shape index (κ1) is 18.3. The van der Waals surface area contributed by atoms with E-state index in [2.05, 4.69) is 25.2 Å². The predicted octanol–water partition coefficient (Wildman–Crippen LogP) is 1.01. The highest BCUT2D eigenvalue weighted by molar-refractivity contribution is 5.92. The Morgan fingerprint density at radius 1 is 1.25 bits per heavy atom. The lowest BCUT2D eigenvalue weighted by Crippen LogP contribution is -2.45. The van der Waals surface area contributed by atoms with Crippen molar-refractivity contribution in [2.24, 2.45) is 0 Å². The second kappa shape index (κ2) is 7.91. The summed E-state index contributed by atoms with van der Waals surface area (Å²) in [5, 5.41) is 11.2. The van der Waals surface area contributed by atoms with Gasteiger partial charge in [-0.3, -0.25) is 19.9 Å². The minimum absolute atomic E-state index is 0.145. The number of hydrogen-bond donors (Lipinski definition) is 3. The van der Waals surface area contributed by atoms with Crippen LogP contribution in [-0.2, 0) is 11.4 Å². The van der Waals surface area contributed by atoms with E-state index in [1.165, 1.54) is 0 Å². The fraction of sp³-hybridized carbons (Fsp3) is 0.368. The summed E-state index contributed by atoms with van der Waals surface area (Å²) in [6.45, 7) is 6.40. The van der Waals surface area contributed by atoms with Crippen LogP contribution >= 0.6 is 0 Å². The molecule has 9 heteroatoms. The number of fused-ring (bicyclic) bond motifs is 1. The van der Waals surface area contributed by atoms with E-state index in [4.69, 9.17) is 10.1 Å². The van der Waals surface area contributed by atoms with Crippen molar-refractivity contribution in [1.29, 1.82) is 5.41 Å². The lowest BCUT2D eigenvalue weighted by Gasteiger charge is -2.27. The Balaban J connectivity index is 1.64. The highest BCUT2D eigenvalue weighted by atomic mass is 16.5. The van der Waals surface area contributed by atoms with E-state index in [0.29, 0.717) is 35.8 Å². The van der Waals surface area contributed by atoms with Gasteiger partial charge >= 0.3 is 5.69 Å². The van der Waals surface area contributed by atoms with Crippen molar-refractivity contribution in [2.75, 3.05) is 32.8 Å². The zero-order valence-electron chi connectivity index (χ0n) is 15.7. The summed E-state index contributed by atoms with van der Waals surface area (Å²) in [5.74, 6) is 0.145. The average Bonchev–Trinajstić information content (AvgIpc) is 3.03. The fourth-order valence-electron chi connectivity index (χ4n) is 3.26. The van der Waals surface area contributed by atoms with Crippen molar-refractivity contribution in [3.63, 3.8) is 0 Å². The van der Waals surface area contributed by atoms with Gasteiger partial charge in [0.15, 0.2) is 11.3 Å². The molecule has 0 bridgehead atoms. The average molecular weight is 381 g/mol. The van der Waals surface area contributed by atoms with Gasteiger partial charge in [-0.25, -0.2) is 14.8 Å². The van der Waals surface area contributed by atoms with E-state index in [1.54, 1.807) is 10.8 Å².